The molecule has 2 rings (SSSR count). The van der Waals surface area contributed by atoms with Crippen molar-refractivity contribution in [2.24, 2.45) is 5.92 Å². The van der Waals surface area contributed by atoms with Crippen LogP contribution in [0.4, 0.5) is 4.79 Å². The molecule has 1 atom stereocenters. The lowest BCUT2D eigenvalue weighted by atomic mass is 9.94. The van der Waals surface area contributed by atoms with Crippen LogP contribution in [0.25, 0.3) is 0 Å². The van der Waals surface area contributed by atoms with Gasteiger partial charge in [0.25, 0.3) is 0 Å². The average Bonchev–Trinajstić information content (AvgIpc) is 2.75. The molecule has 18 heavy (non-hydrogen) atoms. The molecule has 1 unspecified atom stereocenters. The Hall–Kier alpha value is -1.26. The van der Waals surface area contributed by atoms with E-state index in [1.165, 1.54) is 0 Å². The quantitative estimate of drug-likeness (QED) is 0.817. The van der Waals surface area contributed by atoms with Crippen molar-refractivity contribution in [3.63, 3.8) is 0 Å². The Bertz CT molecular complexity index is 324. The first-order valence-electron chi connectivity index (χ1n) is 6.85. The Kier molecular flexibility index (Phi) is 4.09. The molecular weight excluding hydrogens is 232 g/mol. The van der Waals surface area contributed by atoms with Crippen LogP contribution in [0.1, 0.15) is 39.0 Å². The first-order chi connectivity index (χ1) is 8.58. The Morgan fingerprint density at radius 2 is 1.83 bits per heavy atom. The standard InChI is InChI=1S/C13H22N2O3/c1-10-3-2-6-15(10)13(18)14-7-4-11(5-8-14)9-12(16)17/h10-11H,2-9H2,1H3,(H,16,17). The molecule has 2 fully saturated rings. The third-order valence-electron chi connectivity index (χ3n) is 4.15. The number of carbonyl (C=O) groups excluding carboxylic acids is 1. The lowest BCUT2D eigenvalue weighted by molar-refractivity contribution is -0.138. The van der Waals surface area contributed by atoms with Gasteiger partial charge in [0.05, 0.1) is 0 Å². The van der Waals surface area contributed by atoms with Crippen LogP contribution < -0.4 is 0 Å². The van der Waals surface area contributed by atoms with E-state index in [4.69, 9.17) is 5.11 Å². The molecule has 0 radical (unpaired) electrons. The van der Waals surface area contributed by atoms with Gasteiger partial charge < -0.3 is 14.9 Å². The number of carboxylic acid groups (broad SMARTS) is 1. The van der Waals surface area contributed by atoms with Crippen LogP contribution in [0, 0.1) is 5.92 Å². The first-order valence-corrected chi connectivity index (χ1v) is 6.85. The molecule has 2 heterocycles. The van der Waals surface area contributed by atoms with Crippen molar-refractivity contribution in [3.8, 4) is 0 Å². The van der Waals surface area contributed by atoms with Gasteiger partial charge in [0.15, 0.2) is 0 Å². The van der Waals surface area contributed by atoms with Crippen molar-refractivity contribution in [1.82, 2.24) is 9.80 Å². The summed E-state index contributed by atoms with van der Waals surface area (Å²) in [6, 6.07) is 0.503. The third kappa shape index (κ3) is 2.94. The predicted octanol–water partition coefficient (Wildman–Crippen LogP) is 1.78. The van der Waals surface area contributed by atoms with Gasteiger partial charge in [-0.25, -0.2) is 4.79 Å². The number of carboxylic acids is 1. The van der Waals surface area contributed by atoms with Crippen LogP contribution in [-0.4, -0.2) is 52.6 Å². The molecule has 0 bridgehead atoms. The van der Waals surface area contributed by atoms with Gasteiger partial charge in [-0.1, -0.05) is 0 Å². The van der Waals surface area contributed by atoms with Crippen LogP contribution in [0.15, 0.2) is 0 Å². The first kappa shape index (κ1) is 13.2. The SMILES string of the molecule is CC1CCCN1C(=O)N1CCC(CC(=O)O)CC1. The molecule has 0 aliphatic carbocycles. The van der Waals surface area contributed by atoms with Gasteiger partial charge in [-0.2, -0.15) is 0 Å². The van der Waals surface area contributed by atoms with Gasteiger partial charge in [0, 0.05) is 32.1 Å². The smallest absolute Gasteiger partial charge is 0.320 e. The largest absolute Gasteiger partial charge is 0.481 e. The summed E-state index contributed by atoms with van der Waals surface area (Å²) in [5.74, 6) is -0.490. The van der Waals surface area contributed by atoms with Crippen molar-refractivity contribution in [3.05, 3.63) is 0 Å². The van der Waals surface area contributed by atoms with Crippen molar-refractivity contribution >= 4 is 12.0 Å². The fraction of sp³-hybridized carbons (Fsp3) is 0.846. The molecule has 1 N–H and O–H groups in total. The monoisotopic (exact) mass is 254 g/mol. The number of urea groups is 1. The molecule has 2 saturated heterocycles. The molecule has 2 aliphatic rings. The number of carbonyl (C=O) groups is 2. The van der Waals surface area contributed by atoms with Gasteiger partial charge in [-0.05, 0) is 38.5 Å². The fourth-order valence-corrected chi connectivity index (χ4v) is 2.97. The Morgan fingerprint density at radius 3 is 2.33 bits per heavy atom. The highest BCUT2D eigenvalue weighted by Gasteiger charge is 2.31. The van der Waals surface area contributed by atoms with E-state index in [9.17, 15) is 9.59 Å². The van der Waals surface area contributed by atoms with Crippen molar-refractivity contribution in [2.75, 3.05) is 19.6 Å². The van der Waals surface area contributed by atoms with Crippen LogP contribution in [0.2, 0.25) is 0 Å². The van der Waals surface area contributed by atoms with E-state index in [-0.39, 0.29) is 18.4 Å². The Labute approximate surface area is 108 Å². The predicted molar refractivity (Wildman–Crippen MR) is 67.3 cm³/mol. The van der Waals surface area contributed by atoms with Crippen LogP contribution in [-0.2, 0) is 4.79 Å². The normalized spacial score (nSPS) is 25.5. The van der Waals surface area contributed by atoms with Gasteiger partial charge in [-0.3, -0.25) is 4.79 Å². The molecule has 5 heteroatoms. The molecule has 0 aromatic carbocycles. The van der Waals surface area contributed by atoms with Crippen LogP contribution >= 0.6 is 0 Å². The highest BCUT2D eigenvalue weighted by atomic mass is 16.4. The maximum atomic E-state index is 12.3. The summed E-state index contributed by atoms with van der Waals surface area (Å²) >= 11 is 0. The zero-order valence-electron chi connectivity index (χ0n) is 11.0. The second kappa shape index (κ2) is 5.59. The number of hydrogen-bond donors (Lipinski definition) is 1. The molecule has 2 amide bonds. The highest BCUT2D eigenvalue weighted by molar-refractivity contribution is 5.75. The van der Waals surface area contributed by atoms with E-state index in [0.717, 1.165) is 32.2 Å². The second-order valence-corrected chi connectivity index (χ2v) is 5.50. The average molecular weight is 254 g/mol. The number of amides is 2. The summed E-state index contributed by atoms with van der Waals surface area (Å²) in [5, 5.41) is 8.76. The number of aliphatic carboxylic acids is 1. The zero-order chi connectivity index (χ0) is 13.1. The van der Waals surface area contributed by atoms with E-state index in [1.54, 1.807) is 0 Å². The number of piperidine rings is 1. The number of hydrogen-bond acceptors (Lipinski definition) is 2. The molecule has 0 aromatic heterocycles. The number of rotatable bonds is 2. The minimum absolute atomic E-state index is 0.147. The molecule has 2 aliphatic heterocycles. The van der Waals surface area contributed by atoms with E-state index in [2.05, 4.69) is 6.92 Å². The van der Waals surface area contributed by atoms with Gasteiger partial charge >= 0.3 is 12.0 Å². The van der Waals surface area contributed by atoms with E-state index in [0.29, 0.717) is 19.1 Å². The Balaban J connectivity index is 1.82. The van der Waals surface area contributed by atoms with Crippen molar-refractivity contribution < 1.29 is 14.7 Å². The maximum Gasteiger partial charge on any atom is 0.320 e. The fourth-order valence-electron chi connectivity index (χ4n) is 2.97. The molecular formula is C13H22N2O3. The topological polar surface area (TPSA) is 60.9 Å². The summed E-state index contributed by atoms with van der Waals surface area (Å²) in [6.45, 7) is 4.39. The molecule has 0 saturated carbocycles. The minimum atomic E-state index is -0.729. The summed E-state index contributed by atoms with van der Waals surface area (Å²) in [6.07, 6.45) is 4.08. The maximum absolute atomic E-state index is 12.3. The highest BCUT2D eigenvalue weighted by Crippen LogP contribution is 2.24. The summed E-state index contributed by atoms with van der Waals surface area (Å²) in [7, 11) is 0. The third-order valence-corrected chi connectivity index (χ3v) is 4.15. The summed E-state index contributed by atoms with van der Waals surface area (Å²) < 4.78 is 0. The van der Waals surface area contributed by atoms with Gasteiger partial charge in [0.1, 0.15) is 0 Å². The van der Waals surface area contributed by atoms with E-state index < -0.39 is 5.97 Å². The molecule has 0 aromatic rings. The van der Waals surface area contributed by atoms with Gasteiger partial charge in [0.2, 0.25) is 0 Å². The molecule has 5 nitrogen and oxygen atoms in total. The lowest BCUT2D eigenvalue weighted by Crippen LogP contribution is -2.47. The summed E-state index contributed by atoms with van der Waals surface area (Å²) in [4.78, 5) is 26.8. The van der Waals surface area contributed by atoms with Crippen molar-refractivity contribution in [1.29, 1.82) is 0 Å². The summed E-state index contributed by atoms with van der Waals surface area (Å²) in [5.41, 5.74) is 0. The lowest BCUT2D eigenvalue weighted by Gasteiger charge is -2.35. The van der Waals surface area contributed by atoms with E-state index in [1.807, 2.05) is 9.80 Å². The van der Waals surface area contributed by atoms with Crippen LogP contribution in [0.5, 0.6) is 0 Å². The van der Waals surface area contributed by atoms with Crippen LogP contribution in [0.3, 0.4) is 0 Å². The number of nitrogens with zero attached hydrogens (tertiary/aromatic N) is 2. The van der Waals surface area contributed by atoms with Crippen molar-refractivity contribution in [2.45, 2.75) is 45.1 Å². The molecule has 102 valence electrons. The zero-order valence-corrected chi connectivity index (χ0v) is 11.0. The van der Waals surface area contributed by atoms with E-state index >= 15 is 0 Å². The molecule has 0 spiro atoms. The second-order valence-electron chi connectivity index (χ2n) is 5.50. The van der Waals surface area contributed by atoms with Gasteiger partial charge in [-0.15, -0.1) is 0 Å². The Morgan fingerprint density at radius 1 is 1.17 bits per heavy atom. The number of likely N-dealkylation sites (tertiary alicyclic amines) is 2. The minimum Gasteiger partial charge on any atom is -0.481 e.